The van der Waals surface area contributed by atoms with Crippen LogP contribution in [0.4, 0.5) is 0 Å². The molecule has 0 atom stereocenters. The molecule has 2 heterocycles. The Kier molecular flexibility index (Phi) is 3.60. The lowest BCUT2D eigenvalue weighted by Gasteiger charge is -2.08. The summed E-state index contributed by atoms with van der Waals surface area (Å²) in [7, 11) is 0. The van der Waals surface area contributed by atoms with Gasteiger partial charge in [-0.1, -0.05) is 0 Å². The van der Waals surface area contributed by atoms with Crippen molar-refractivity contribution in [2.24, 2.45) is 0 Å². The highest BCUT2D eigenvalue weighted by molar-refractivity contribution is 9.10. The summed E-state index contributed by atoms with van der Waals surface area (Å²) >= 11 is 4.84. The number of aryl methyl sites for hydroxylation is 1. The SMILES string of the molecule is Cc1csc2c(Oc3cc(C(=O)O)ccc3Br)ncnc12. The molecule has 0 spiro atoms. The Morgan fingerprint density at radius 1 is 1.38 bits per heavy atom. The van der Waals surface area contributed by atoms with Crippen molar-refractivity contribution in [3.63, 3.8) is 0 Å². The average Bonchev–Trinajstić information content (AvgIpc) is 2.84. The van der Waals surface area contributed by atoms with Crippen molar-refractivity contribution >= 4 is 43.5 Å². The van der Waals surface area contributed by atoms with Gasteiger partial charge in [-0.2, -0.15) is 0 Å². The molecule has 0 bridgehead atoms. The standard InChI is InChI=1S/C14H9BrN2O3S/c1-7-5-21-12-11(7)16-6-17-13(12)20-10-4-8(14(18)19)2-3-9(10)15/h2-6H,1H3,(H,18,19). The number of thiophene rings is 1. The van der Waals surface area contributed by atoms with Crippen LogP contribution in [-0.4, -0.2) is 21.0 Å². The van der Waals surface area contributed by atoms with E-state index in [4.69, 9.17) is 9.84 Å². The second-order valence-electron chi connectivity index (χ2n) is 4.33. The molecule has 0 saturated carbocycles. The molecular formula is C14H9BrN2O3S. The Morgan fingerprint density at radius 2 is 2.19 bits per heavy atom. The molecule has 0 amide bonds. The second-order valence-corrected chi connectivity index (χ2v) is 6.06. The lowest BCUT2D eigenvalue weighted by atomic mass is 10.2. The van der Waals surface area contributed by atoms with Crippen LogP contribution in [0, 0.1) is 6.92 Å². The lowest BCUT2D eigenvalue weighted by Crippen LogP contribution is -1.97. The summed E-state index contributed by atoms with van der Waals surface area (Å²) in [5.74, 6) is -0.186. The molecular weight excluding hydrogens is 356 g/mol. The van der Waals surface area contributed by atoms with E-state index in [1.165, 1.54) is 29.8 Å². The maximum atomic E-state index is 11.0. The Labute approximate surface area is 132 Å². The fraction of sp³-hybridized carbons (Fsp3) is 0.0714. The summed E-state index contributed by atoms with van der Waals surface area (Å²) in [6.45, 7) is 1.97. The van der Waals surface area contributed by atoms with E-state index in [-0.39, 0.29) is 5.56 Å². The maximum absolute atomic E-state index is 11.0. The van der Waals surface area contributed by atoms with Gasteiger partial charge >= 0.3 is 5.97 Å². The summed E-state index contributed by atoms with van der Waals surface area (Å²) < 4.78 is 7.27. The van der Waals surface area contributed by atoms with Crippen molar-refractivity contribution in [1.82, 2.24) is 9.97 Å². The van der Waals surface area contributed by atoms with Gasteiger partial charge in [0.1, 0.15) is 16.8 Å². The van der Waals surface area contributed by atoms with Crippen LogP contribution in [0.25, 0.3) is 10.2 Å². The number of nitrogens with zero attached hydrogens (tertiary/aromatic N) is 2. The van der Waals surface area contributed by atoms with Crippen LogP contribution < -0.4 is 4.74 Å². The van der Waals surface area contributed by atoms with Gasteiger partial charge in [0.2, 0.25) is 5.88 Å². The first-order valence-electron chi connectivity index (χ1n) is 5.96. The highest BCUT2D eigenvalue weighted by Crippen LogP contribution is 2.35. The van der Waals surface area contributed by atoms with Gasteiger partial charge in [-0.15, -0.1) is 11.3 Å². The van der Waals surface area contributed by atoms with Crippen LogP contribution in [0.5, 0.6) is 11.6 Å². The summed E-state index contributed by atoms with van der Waals surface area (Å²) in [4.78, 5) is 19.4. The van der Waals surface area contributed by atoms with Crippen LogP contribution in [0.1, 0.15) is 15.9 Å². The molecule has 3 rings (SSSR count). The van der Waals surface area contributed by atoms with E-state index in [0.717, 1.165) is 15.8 Å². The molecule has 0 aliphatic heterocycles. The highest BCUT2D eigenvalue weighted by Gasteiger charge is 2.13. The number of carbonyl (C=O) groups is 1. The molecule has 0 fully saturated rings. The van der Waals surface area contributed by atoms with Gasteiger partial charge < -0.3 is 9.84 Å². The van der Waals surface area contributed by atoms with Crippen LogP contribution in [0.2, 0.25) is 0 Å². The minimum atomic E-state index is -1.01. The number of hydrogen-bond acceptors (Lipinski definition) is 5. The molecule has 106 valence electrons. The summed E-state index contributed by atoms with van der Waals surface area (Å²) in [6, 6.07) is 4.60. The van der Waals surface area contributed by atoms with Crippen LogP contribution >= 0.6 is 27.3 Å². The number of fused-ring (bicyclic) bond motifs is 1. The number of rotatable bonds is 3. The molecule has 0 radical (unpaired) electrons. The third-order valence-electron chi connectivity index (χ3n) is 2.88. The number of carboxylic acids is 1. The molecule has 2 aromatic heterocycles. The number of aromatic nitrogens is 2. The largest absolute Gasteiger partial charge is 0.478 e. The van der Waals surface area contributed by atoms with Crippen LogP contribution in [0.15, 0.2) is 34.4 Å². The lowest BCUT2D eigenvalue weighted by molar-refractivity contribution is 0.0696. The Hall–Kier alpha value is -1.99. The molecule has 1 N–H and O–H groups in total. The van der Waals surface area contributed by atoms with Crippen molar-refractivity contribution in [2.75, 3.05) is 0 Å². The van der Waals surface area contributed by atoms with Crippen molar-refractivity contribution in [1.29, 1.82) is 0 Å². The second kappa shape index (κ2) is 5.42. The van der Waals surface area contributed by atoms with Gasteiger partial charge in [-0.3, -0.25) is 0 Å². The smallest absolute Gasteiger partial charge is 0.335 e. The van der Waals surface area contributed by atoms with Crippen LogP contribution in [-0.2, 0) is 0 Å². The quantitative estimate of drug-likeness (QED) is 0.751. The predicted octanol–water partition coefficient (Wildman–Crippen LogP) is 4.25. The van der Waals surface area contributed by atoms with Crippen LogP contribution in [0.3, 0.4) is 0 Å². The predicted molar refractivity (Wildman–Crippen MR) is 83.3 cm³/mol. The molecule has 3 aromatic rings. The van der Waals surface area contributed by atoms with Gasteiger partial charge in [0, 0.05) is 0 Å². The van der Waals surface area contributed by atoms with E-state index >= 15 is 0 Å². The van der Waals surface area contributed by atoms with E-state index in [0.29, 0.717) is 16.1 Å². The minimum Gasteiger partial charge on any atom is -0.478 e. The zero-order valence-electron chi connectivity index (χ0n) is 10.8. The van der Waals surface area contributed by atoms with Crippen molar-refractivity contribution < 1.29 is 14.6 Å². The molecule has 0 aliphatic rings. The molecule has 5 nitrogen and oxygen atoms in total. The van der Waals surface area contributed by atoms with E-state index in [1.54, 1.807) is 6.07 Å². The zero-order valence-corrected chi connectivity index (χ0v) is 13.2. The van der Waals surface area contributed by atoms with E-state index in [2.05, 4.69) is 25.9 Å². The first-order chi connectivity index (χ1) is 10.1. The van der Waals surface area contributed by atoms with E-state index in [9.17, 15) is 4.79 Å². The monoisotopic (exact) mass is 364 g/mol. The van der Waals surface area contributed by atoms with E-state index in [1.807, 2.05) is 12.3 Å². The average molecular weight is 365 g/mol. The zero-order chi connectivity index (χ0) is 15.0. The molecule has 0 aliphatic carbocycles. The molecule has 0 saturated heterocycles. The number of carboxylic acid groups (broad SMARTS) is 1. The molecule has 1 aromatic carbocycles. The summed E-state index contributed by atoms with van der Waals surface area (Å²) in [5, 5.41) is 11.0. The summed E-state index contributed by atoms with van der Waals surface area (Å²) in [5.41, 5.74) is 2.05. The van der Waals surface area contributed by atoms with Crippen molar-refractivity contribution in [2.45, 2.75) is 6.92 Å². The molecule has 0 unspecified atom stereocenters. The van der Waals surface area contributed by atoms with Crippen molar-refractivity contribution in [3.05, 3.63) is 45.5 Å². The first kappa shape index (κ1) is 14.0. The summed E-state index contributed by atoms with van der Waals surface area (Å²) in [6.07, 6.45) is 1.44. The fourth-order valence-corrected chi connectivity index (χ4v) is 3.09. The molecule has 21 heavy (non-hydrogen) atoms. The highest BCUT2D eigenvalue weighted by atomic mass is 79.9. The van der Waals surface area contributed by atoms with Crippen molar-refractivity contribution in [3.8, 4) is 11.6 Å². The van der Waals surface area contributed by atoms with Gasteiger partial charge in [-0.25, -0.2) is 14.8 Å². The number of ether oxygens (including phenoxy) is 1. The Bertz CT molecular complexity index is 847. The Balaban J connectivity index is 2.06. The first-order valence-corrected chi connectivity index (χ1v) is 7.63. The number of hydrogen-bond donors (Lipinski definition) is 1. The number of benzene rings is 1. The normalized spacial score (nSPS) is 10.8. The number of aromatic carboxylic acids is 1. The number of halogens is 1. The van der Waals surface area contributed by atoms with Gasteiger partial charge in [0.25, 0.3) is 0 Å². The third-order valence-corrected chi connectivity index (χ3v) is 4.61. The fourth-order valence-electron chi connectivity index (χ4n) is 1.84. The van der Waals surface area contributed by atoms with E-state index < -0.39 is 5.97 Å². The maximum Gasteiger partial charge on any atom is 0.335 e. The third kappa shape index (κ3) is 2.62. The topological polar surface area (TPSA) is 72.3 Å². The van der Waals surface area contributed by atoms with Gasteiger partial charge in [0.15, 0.2) is 0 Å². The minimum absolute atomic E-state index is 0.154. The van der Waals surface area contributed by atoms with Gasteiger partial charge in [-0.05, 0) is 52.0 Å². The van der Waals surface area contributed by atoms with Gasteiger partial charge in [0.05, 0.1) is 15.6 Å². The molecule has 7 heteroatoms. The Morgan fingerprint density at radius 3 is 2.95 bits per heavy atom.